The summed E-state index contributed by atoms with van der Waals surface area (Å²) in [6, 6.07) is 0. The van der Waals surface area contributed by atoms with Gasteiger partial charge < -0.3 is 14.2 Å². The maximum Gasteiger partial charge on any atom is 0.136 e. The van der Waals surface area contributed by atoms with Crippen LogP contribution in [0.15, 0.2) is 0 Å². The van der Waals surface area contributed by atoms with Crippen LogP contribution in [0.3, 0.4) is 0 Å². The van der Waals surface area contributed by atoms with Crippen molar-refractivity contribution in [2.24, 2.45) is 47.3 Å². The number of ether oxygens (including phenoxy) is 3. The normalized spacial score (nSPS) is 60.6. The van der Waals surface area contributed by atoms with E-state index in [2.05, 4.69) is 41.5 Å². The molecule has 6 saturated heterocycles. The molecule has 0 radical (unpaired) electrons. The Kier molecular flexibility index (Phi) is 6.84. The summed E-state index contributed by atoms with van der Waals surface area (Å²) < 4.78 is 20.9. The molecule has 0 N–H and O–H groups in total. The molecule has 0 aromatic carbocycles. The first-order valence-electron chi connectivity index (χ1n) is 17.6. The van der Waals surface area contributed by atoms with Crippen LogP contribution < -0.4 is 0 Å². The lowest BCUT2D eigenvalue weighted by molar-refractivity contribution is -0.491. The highest BCUT2D eigenvalue weighted by atomic mass is 17.2. The summed E-state index contributed by atoms with van der Waals surface area (Å²) in [4.78, 5) is 25.6. The van der Waals surface area contributed by atoms with E-state index in [9.17, 15) is 0 Å². The molecule has 4 bridgehead atoms. The summed E-state index contributed by atoms with van der Waals surface area (Å²) in [6.45, 7) is 14.1. The lowest BCUT2D eigenvalue weighted by Gasteiger charge is -2.63. The van der Waals surface area contributed by atoms with Crippen LogP contribution >= 0.6 is 0 Å². The first-order chi connectivity index (χ1) is 20.0. The maximum absolute atomic E-state index is 7.24. The highest BCUT2D eigenvalue weighted by molar-refractivity contribution is 5.16. The molecule has 1 unspecified atom stereocenters. The smallest absolute Gasteiger partial charge is 0.136 e. The second kappa shape index (κ2) is 9.86. The lowest BCUT2D eigenvalue weighted by atomic mass is 9.55. The minimum absolute atomic E-state index is 0.0183. The van der Waals surface area contributed by atoms with E-state index < -0.39 is 0 Å². The number of hydrogen-bond acceptors (Lipinski definition) is 7. The third kappa shape index (κ3) is 3.89. The molecule has 7 heteroatoms. The van der Waals surface area contributed by atoms with Crippen molar-refractivity contribution in [3.63, 3.8) is 0 Å². The van der Waals surface area contributed by atoms with Crippen LogP contribution in [0.4, 0.5) is 0 Å². The molecule has 238 valence electrons. The van der Waals surface area contributed by atoms with Crippen molar-refractivity contribution in [3.8, 4) is 0 Å². The second-order valence-electron chi connectivity index (χ2n) is 16.9. The molecule has 10 rings (SSSR count). The van der Waals surface area contributed by atoms with Gasteiger partial charge in [-0.1, -0.05) is 27.7 Å². The Balaban J connectivity index is 1.08. The Morgan fingerprint density at radius 1 is 0.643 bits per heavy atom. The quantitative estimate of drug-likeness (QED) is 0.334. The van der Waals surface area contributed by atoms with Gasteiger partial charge in [-0.25, -0.2) is 19.6 Å². The molecule has 4 saturated carbocycles. The highest BCUT2D eigenvalue weighted by Crippen LogP contribution is 2.64. The zero-order valence-electron chi connectivity index (χ0n) is 27.1. The predicted octanol–water partition coefficient (Wildman–Crippen LogP) is 6.81. The highest BCUT2D eigenvalue weighted by Gasteiger charge is 2.70. The van der Waals surface area contributed by atoms with Crippen molar-refractivity contribution in [3.05, 3.63) is 0 Å². The van der Waals surface area contributed by atoms with Crippen LogP contribution in [0.1, 0.15) is 112 Å². The first kappa shape index (κ1) is 29.1. The van der Waals surface area contributed by atoms with Gasteiger partial charge in [-0.3, -0.25) is 0 Å². The van der Waals surface area contributed by atoms with Crippen LogP contribution in [-0.4, -0.2) is 60.0 Å². The molecule has 2 spiro atoms. The summed E-state index contributed by atoms with van der Waals surface area (Å²) in [6.07, 6.45) is 12.2. The summed E-state index contributed by atoms with van der Waals surface area (Å²) in [7, 11) is 1.88. The maximum atomic E-state index is 7.24. The second-order valence-corrected chi connectivity index (χ2v) is 16.9. The molecular formula is C35H56O7. The Morgan fingerprint density at radius 2 is 1.17 bits per heavy atom. The van der Waals surface area contributed by atoms with Crippen LogP contribution in [-0.2, 0) is 33.8 Å². The Morgan fingerprint density at radius 3 is 1.71 bits per heavy atom. The molecule has 42 heavy (non-hydrogen) atoms. The fraction of sp³-hybridized carbons (Fsp3) is 1.00. The SMILES string of the molecule is CO[C@@H](C[C@H]1O[C@@H]2C[C@]3(C)CC[C@H]4[C@H](C)CC[C@@H]([C@H]1C)[C@@]24OO3)C1O[C@@H]2C[C@]3(C)CC[C@H]4[C@H](C)CC[C@@H]([C@H]1C)[C@@]24OO3. The summed E-state index contributed by atoms with van der Waals surface area (Å²) in [5.41, 5.74) is -1.17. The van der Waals surface area contributed by atoms with Gasteiger partial charge in [0.05, 0.1) is 30.5 Å². The van der Waals surface area contributed by atoms with Crippen LogP contribution in [0.25, 0.3) is 0 Å². The molecule has 4 aliphatic carbocycles. The van der Waals surface area contributed by atoms with E-state index in [0.717, 1.165) is 32.1 Å². The minimum atomic E-state index is -0.330. The average Bonchev–Trinajstić information content (AvgIpc) is 3.34. The van der Waals surface area contributed by atoms with Crippen LogP contribution in [0.2, 0.25) is 0 Å². The number of fused-ring (bicyclic) bond motifs is 4. The fourth-order valence-corrected chi connectivity index (χ4v) is 12.3. The Bertz CT molecular complexity index is 1050. The van der Waals surface area contributed by atoms with Gasteiger partial charge in [0, 0.05) is 26.4 Å². The zero-order chi connectivity index (χ0) is 29.2. The van der Waals surface area contributed by atoms with Crippen molar-refractivity contribution in [2.75, 3.05) is 7.11 Å². The van der Waals surface area contributed by atoms with Crippen molar-refractivity contribution >= 4 is 0 Å². The third-order valence-corrected chi connectivity index (χ3v) is 14.7. The van der Waals surface area contributed by atoms with Gasteiger partial charge in [-0.15, -0.1) is 0 Å². The van der Waals surface area contributed by atoms with Gasteiger partial charge in [-0.2, -0.15) is 0 Å². The monoisotopic (exact) mass is 588 g/mol. The van der Waals surface area contributed by atoms with Crippen LogP contribution in [0, 0.1) is 47.3 Å². The average molecular weight is 589 g/mol. The molecule has 0 aromatic rings. The van der Waals surface area contributed by atoms with Gasteiger partial charge in [-0.05, 0) is 113 Å². The molecule has 17 atom stereocenters. The minimum Gasteiger partial charge on any atom is -0.379 e. The first-order valence-corrected chi connectivity index (χ1v) is 17.6. The molecule has 0 aromatic heterocycles. The van der Waals surface area contributed by atoms with E-state index in [0.29, 0.717) is 47.3 Å². The van der Waals surface area contributed by atoms with Gasteiger partial charge in [0.1, 0.15) is 22.4 Å². The largest absolute Gasteiger partial charge is 0.379 e. The number of methoxy groups -OCH3 is 1. The summed E-state index contributed by atoms with van der Waals surface area (Å²) in [5.74, 6) is 3.81. The molecule has 10 aliphatic rings. The van der Waals surface area contributed by atoms with E-state index >= 15 is 0 Å². The van der Waals surface area contributed by atoms with Crippen molar-refractivity contribution in [1.29, 1.82) is 0 Å². The lowest BCUT2D eigenvalue weighted by Crippen LogP contribution is -2.71. The van der Waals surface area contributed by atoms with E-state index in [1.54, 1.807) is 0 Å². The standard InChI is InChI=1S/C35H56O7/c1-19-8-10-25-21(3)27(37-29-17-32(5)14-12-23(19)34(25,29)41-39-32)16-28(36-7)31-22(4)26-11-9-20(2)24-13-15-33(6)18-30(38-31)35(24,26)42-40-33/h19-31H,8-18H2,1-7H3/t19-,20-,21-,22-,23+,24+,25+,26+,27-,28+,29-,30-,31?,32+,33+,34-,35-/m1/s1. The Labute approximate surface area is 253 Å². The molecule has 10 fully saturated rings. The van der Waals surface area contributed by atoms with Gasteiger partial charge >= 0.3 is 0 Å². The van der Waals surface area contributed by atoms with E-state index in [4.69, 9.17) is 33.8 Å². The number of rotatable bonds is 4. The van der Waals surface area contributed by atoms with Gasteiger partial charge in [0.25, 0.3) is 0 Å². The van der Waals surface area contributed by atoms with E-state index in [-0.39, 0.29) is 52.9 Å². The predicted molar refractivity (Wildman–Crippen MR) is 156 cm³/mol. The Hall–Kier alpha value is -0.280. The third-order valence-electron chi connectivity index (χ3n) is 14.7. The fourth-order valence-electron chi connectivity index (χ4n) is 12.3. The zero-order valence-corrected chi connectivity index (χ0v) is 27.1. The molecule has 6 aliphatic heterocycles. The summed E-state index contributed by atoms with van der Waals surface area (Å²) in [5, 5.41) is 0. The molecule has 0 amide bonds. The van der Waals surface area contributed by atoms with E-state index in [1.165, 1.54) is 38.5 Å². The molecular weight excluding hydrogens is 532 g/mol. The van der Waals surface area contributed by atoms with Crippen molar-refractivity contribution in [2.45, 2.75) is 165 Å². The van der Waals surface area contributed by atoms with Gasteiger partial charge in [0.2, 0.25) is 0 Å². The van der Waals surface area contributed by atoms with Crippen molar-refractivity contribution in [1.82, 2.24) is 0 Å². The van der Waals surface area contributed by atoms with E-state index in [1.807, 2.05) is 7.11 Å². The van der Waals surface area contributed by atoms with Gasteiger partial charge in [0.15, 0.2) is 0 Å². The van der Waals surface area contributed by atoms with Crippen molar-refractivity contribution < 1.29 is 33.8 Å². The topological polar surface area (TPSA) is 64.6 Å². The summed E-state index contributed by atoms with van der Waals surface area (Å²) >= 11 is 0. The number of hydrogen-bond donors (Lipinski definition) is 0. The molecule has 7 nitrogen and oxygen atoms in total. The van der Waals surface area contributed by atoms with Crippen LogP contribution in [0.5, 0.6) is 0 Å². The molecule has 6 heterocycles.